The Balaban J connectivity index is 2.41. The van der Waals surface area contributed by atoms with Gasteiger partial charge in [-0.25, -0.2) is 0 Å². The van der Waals surface area contributed by atoms with Crippen LogP contribution in [-0.4, -0.2) is 25.8 Å². The van der Waals surface area contributed by atoms with Crippen LogP contribution in [0.1, 0.15) is 26.2 Å². The Morgan fingerprint density at radius 2 is 2.46 bits per heavy atom. The van der Waals surface area contributed by atoms with Gasteiger partial charge >= 0.3 is 0 Å². The van der Waals surface area contributed by atoms with E-state index < -0.39 is 0 Å². The first kappa shape index (κ1) is 10.6. The molecule has 0 amide bonds. The second-order valence-corrected chi connectivity index (χ2v) is 3.67. The number of hydrogen-bond donors (Lipinski definition) is 1. The average molecular weight is 181 g/mol. The monoisotopic (exact) mass is 181 g/mol. The minimum atomic E-state index is 0.384. The molecule has 74 valence electrons. The normalized spacial score (nSPS) is 29.9. The highest BCUT2D eigenvalue weighted by molar-refractivity contribution is 4.89. The van der Waals surface area contributed by atoms with Gasteiger partial charge in [-0.05, 0) is 26.8 Å². The Labute approximate surface area is 81.0 Å². The van der Waals surface area contributed by atoms with Gasteiger partial charge in [0.25, 0.3) is 0 Å². The van der Waals surface area contributed by atoms with Crippen LogP contribution in [-0.2, 0) is 4.74 Å². The summed E-state index contributed by atoms with van der Waals surface area (Å²) < 4.78 is 5.54. The molecule has 1 aliphatic heterocycles. The van der Waals surface area contributed by atoms with Crippen LogP contribution in [0.25, 0.3) is 0 Å². The number of terminal acetylenes is 1. The summed E-state index contributed by atoms with van der Waals surface area (Å²) in [4.78, 5) is 0. The van der Waals surface area contributed by atoms with Gasteiger partial charge in [-0.2, -0.15) is 0 Å². The highest BCUT2D eigenvalue weighted by atomic mass is 16.5. The van der Waals surface area contributed by atoms with Gasteiger partial charge < -0.3 is 10.1 Å². The molecule has 0 aromatic heterocycles. The minimum Gasteiger partial charge on any atom is -0.378 e. The molecular weight excluding hydrogens is 162 g/mol. The summed E-state index contributed by atoms with van der Waals surface area (Å²) in [5.74, 6) is 3.33. The molecule has 3 atom stereocenters. The molecule has 1 heterocycles. The molecule has 3 unspecified atom stereocenters. The van der Waals surface area contributed by atoms with Crippen LogP contribution in [0.2, 0.25) is 0 Å². The first-order valence-electron chi connectivity index (χ1n) is 5.02. The standard InChI is InChI=1S/C11H19NO/c1-4-5-6-11(12-3)10-7-8-13-9(10)2/h1,9-12H,5-8H2,2-3H3. The van der Waals surface area contributed by atoms with E-state index in [9.17, 15) is 0 Å². The van der Waals surface area contributed by atoms with E-state index in [1.54, 1.807) is 0 Å². The van der Waals surface area contributed by atoms with E-state index >= 15 is 0 Å². The summed E-state index contributed by atoms with van der Waals surface area (Å²) >= 11 is 0. The van der Waals surface area contributed by atoms with Crippen molar-refractivity contribution in [2.24, 2.45) is 5.92 Å². The van der Waals surface area contributed by atoms with Crippen molar-refractivity contribution in [1.82, 2.24) is 5.32 Å². The number of rotatable bonds is 4. The zero-order chi connectivity index (χ0) is 9.68. The molecular formula is C11H19NO. The smallest absolute Gasteiger partial charge is 0.0590 e. The van der Waals surface area contributed by atoms with Crippen LogP contribution >= 0.6 is 0 Å². The van der Waals surface area contributed by atoms with Gasteiger partial charge in [0.1, 0.15) is 0 Å². The maximum absolute atomic E-state index is 5.54. The summed E-state index contributed by atoms with van der Waals surface area (Å²) in [5, 5.41) is 3.33. The third kappa shape index (κ3) is 2.72. The van der Waals surface area contributed by atoms with Crippen LogP contribution in [0.15, 0.2) is 0 Å². The molecule has 0 saturated carbocycles. The van der Waals surface area contributed by atoms with Crippen molar-refractivity contribution in [2.75, 3.05) is 13.7 Å². The average Bonchev–Trinajstić information content (AvgIpc) is 2.54. The third-order valence-electron chi connectivity index (χ3n) is 2.92. The quantitative estimate of drug-likeness (QED) is 0.662. The maximum atomic E-state index is 5.54. The molecule has 0 aliphatic carbocycles. The van der Waals surface area contributed by atoms with Gasteiger partial charge in [-0.3, -0.25) is 0 Å². The number of nitrogens with one attached hydrogen (secondary N) is 1. The van der Waals surface area contributed by atoms with Gasteiger partial charge in [0, 0.05) is 25.0 Å². The van der Waals surface area contributed by atoms with Gasteiger partial charge in [0.15, 0.2) is 0 Å². The first-order valence-corrected chi connectivity index (χ1v) is 5.02. The number of ether oxygens (including phenoxy) is 1. The topological polar surface area (TPSA) is 21.3 Å². The van der Waals surface area contributed by atoms with Gasteiger partial charge in [-0.15, -0.1) is 12.3 Å². The van der Waals surface area contributed by atoms with E-state index in [0.717, 1.165) is 25.9 Å². The molecule has 2 nitrogen and oxygen atoms in total. The molecule has 1 rings (SSSR count). The van der Waals surface area contributed by atoms with Crippen molar-refractivity contribution in [1.29, 1.82) is 0 Å². The van der Waals surface area contributed by atoms with Crippen LogP contribution in [0.4, 0.5) is 0 Å². The molecule has 0 aromatic rings. The second-order valence-electron chi connectivity index (χ2n) is 3.67. The molecule has 0 aromatic carbocycles. The lowest BCUT2D eigenvalue weighted by Crippen LogP contribution is -2.36. The van der Waals surface area contributed by atoms with E-state index in [-0.39, 0.29) is 0 Å². The summed E-state index contributed by atoms with van der Waals surface area (Å²) in [6.07, 6.45) is 8.72. The minimum absolute atomic E-state index is 0.384. The lowest BCUT2D eigenvalue weighted by molar-refractivity contribution is 0.0954. The molecule has 1 saturated heterocycles. The fourth-order valence-corrected chi connectivity index (χ4v) is 2.09. The predicted octanol–water partition coefficient (Wildman–Crippen LogP) is 1.41. The Hall–Kier alpha value is -0.520. The lowest BCUT2D eigenvalue weighted by Gasteiger charge is -2.24. The van der Waals surface area contributed by atoms with E-state index in [1.807, 2.05) is 7.05 Å². The fraction of sp³-hybridized carbons (Fsp3) is 0.818. The highest BCUT2D eigenvalue weighted by Gasteiger charge is 2.30. The van der Waals surface area contributed by atoms with Gasteiger partial charge in [-0.1, -0.05) is 0 Å². The van der Waals surface area contributed by atoms with Crippen LogP contribution in [0, 0.1) is 18.3 Å². The first-order chi connectivity index (χ1) is 6.29. The Bertz CT molecular complexity index is 185. The van der Waals surface area contributed by atoms with E-state index in [1.165, 1.54) is 0 Å². The molecule has 1 aliphatic rings. The van der Waals surface area contributed by atoms with Crippen molar-refractivity contribution in [3.63, 3.8) is 0 Å². The summed E-state index contributed by atoms with van der Waals surface area (Å²) in [6.45, 7) is 3.05. The molecule has 0 spiro atoms. The third-order valence-corrected chi connectivity index (χ3v) is 2.92. The second kappa shape index (κ2) is 5.26. The van der Waals surface area contributed by atoms with E-state index in [0.29, 0.717) is 18.1 Å². The van der Waals surface area contributed by atoms with Crippen LogP contribution in [0.5, 0.6) is 0 Å². The predicted molar refractivity (Wildman–Crippen MR) is 54.4 cm³/mol. The maximum Gasteiger partial charge on any atom is 0.0590 e. The molecule has 2 heteroatoms. The molecule has 1 N–H and O–H groups in total. The largest absolute Gasteiger partial charge is 0.378 e. The summed E-state index contributed by atoms with van der Waals surface area (Å²) in [6, 6.07) is 0.522. The molecule has 1 fully saturated rings. The zero-order valence-corrected chi connectivity index (χ0v) is 8.55. The van der Waals surface area contributed by atoms with Crippen molar-refractivity contribution < 1.29 is 4.74 Å². The number of hydrogen-bond acceptors (Lipinski definition) is 2. The van der Waals surface area contributed by atoms with Crippen molar-refractivity contribution >= 4 is 0 Å². The van der Waals surface area contributed by atoms with Crippen molar-refractivity contribution in [3.05, 3.63) is 0 Å². The van der Waals surface area contributed by atoms with E-state index in [2.05, 4.69) is 18.2 Å². The summed E-state index contributed by atoms with van der Waals surface area (Å²) in [5.41, 5.74) is 0. The van der Waals surface area contributed by atoms with Crippen molar-refractivity contribution in [2.45, 2.75) is 38.3 Å². The Kier molecular flexibility index (Phi) is 4.27. The Morgan fingerprint density at radius 3 is 2.92 bits per heavy atom. The zero-order valence-electron chi connectivity index (χ0n) is 8.55. The summed E-state index contributed by atoms with van der Waals surface area (Å²) in [7, 11) is 2.01. The molecule has 13 heavy (non-hydrogen) atoms. The molecule has 0 radical (unpaired) electrons. The van der Waals surface area contributed by atoms with Gasteiger partial charge in [0.05, 0.1) is 6.10 Å². The van der Waals surface area contributed by atoms with Crippen LogP contribution in [0.3, 0.4) is 0 Å². The van der Waals surface area contributed by atoms with E-state index in [4.69, 9.17) is 11.2 Å². The van der Waals surface area contributed by atoms with Crippen molar-refractivity contribution in [3.8, 4) is 12.3 Å². The lowest BCUT2D eigenvalue weighted by atomic mass is 9.90. The van der Waals surface area contributed by atoms with Crippen LogP contribution < -0.4 is 5.32 Å². The molecule has 0 bridgehead atoms. The SMILES string of the molecule is C#CCCC(NC)C1CCOC1C. The van der Waals surface area contributed by atoms with Gasteiger partial charge in [0.2, 0.25) is 0 Å². The highest BCUT2D eigenvalue weighted by Crippen LogP contribution is 2.25. The fourth-order valence-electron chi connectivity index (χ4n) is 2.09. The Morgan fingerprint density at radius 1 is 1.69 bits per heavy atom.